The maximum Gasteiger partial charge on any atom is 0.115 e. The fourth-order valence-corrected chi connectivity index (χ4v) is 6.31. The number of hydrogen-bond donors (Lipinski definition) is 2. The van der Waals surface area contributed by atoms with Gasteiger partial charge in [0.15, 0.2) is 0 Å². The van der Waals surface area contributed by atoms with E-state index in [1.54, 1.807) is 0 Å². The lowest BCUT2D eigenvalue weighted by atomic mass is 9.52. The molecule has 2 aromatic rings. The zero-order chi connectivity index (χ0) is 20.9. The lowest BCUT2D eigenvalue weighted by molar-refractivity contribution is 0.0606. The molecule has 0 amide bonds. The van der Waals surface area contributed by atoms with Crippen molar-refractivity contribution in [2.75, 3.05) is 0 Å². The molecule has 2 N–H and O–H groups in total. The van der Waals surface area contributed by atoms with E-state index in [9.17, 15) is 10.2 Å². The Balaban J connectivity index is 2.17. The molecule has 0 heterocycles. The summed E-state index contributed by atoms with van der Waals surface area (Å²) < 4.78 is 0. The van der Waals surface area contributed by atoms with Crippen LogP contribution in [0.3, 0.4) is 0 Å². The number of phenols is 2. The molecular formula is C27H38O2. The van der Waals surface area contributed by atoms with E-state index in [1.807, 2.05) is 24.3 Å². The van der Waals surface area contributed by atoms with Crippen LogP contribution in [0.5, 0.6) is 11.5 Å². The smallest absolute Gasteiger partial charge is 0.115 e. The minimum atomic E-state index is -0.0656. The van der Waals surface area contributed by atoms with Gasteiger partial charge in [-0.2, -0.15) is 0 Å². The molecule has 0 aromatic heterocycles. The van der Waals surface area contributed by atoms with Crippen molar-refractivity contribution in [3.8, 4) is 11.5 Å². The van der Waals surface area contributed by atoms with Crippen LogP contribution in [0.15, 0.2) is 48.5 Å². The zero-order valence-electron chi connectivity index (χ0n) is 18.5. The molecule has 1 saturated carbocycles. The van der Waals surface area contributed by atoms with Gasteiger partial charge in [-0.15, -0.1) is 0 Å². The second kappa shape index (κ2) is 9.24. The lowest BCUT2D eigenvalue weighted by Crippen LogP contribution is -2.44. The highest BCUT2D eigenvalue weighted by atomic mass is 16.3. The highest BCUT2D eigenvalue weighted by molar-refractivity contribution is 5.44. The van der Waals surface area contributed by atoms with Crippen LogP contribution in [-0.4, -0.2) is 10.2 Å². The van der Waals surface area contributed by atoms with Crippen molar-refractivity contribution in [1.82, 2.24) is 0 Å². The van der Waals surface area contributed by atoms with Crippen LogP contribution >= 0.6 is 0 Å². The van der Waals surface area contributed by atoms with Gasteiger partial charge < -0.3 is 10.2 Å². The molecule has 1 aliphatic carbocycles. The topological polar surface area (TPSA) is 40.5 Å². The number of rotatable bonds is 8. The first-order valence-electron chi connectivity index (χ1n) is 11.6. The number of hydrogen-bond acceptors (Lipinski definition) is 2. The van der Waals surface area contributed by atoms with Crippen molar-refractivity contribution in [3.63, 3.8) is 0 Å². The van der Waals surface area contributed by atoms with Crippen LogP contribution in [0.1, 0.15) is 89.7 Å². The SMILES string of the molecule is CCCC1CC(CCC)(CCC)CC(c2ccc(O)cc2)(c2ccc(O)cc2)C1. The summed E-state index contributed by atoms with van der Waals surface area (Å²) >= 11 is 0. The van der Waals surface area contributed by atoms with Gasteiger partial charge in [0, 0.05) is 5.41 Å². The van der Waals surface area contributed by atoms with Gasteiger partial charge in [-0.3, -0.25) is 0 Å². The Morgan fingerprint density at radius 3 is 1.62 bits per heavy atom. The molecule has 0 aliphatic heterocycles. The molecule has 0 bridgehead atoms. The quantitative estimate of drug-likeness (QED) is 0.484. The fourth-order valence-electron chi connectivity index (χ4n) is 6.31. The summed E-state index contributed by atoms with van der Waals surface area (Å²) in [4.78, 5) is 0. The van der Waals surface area contributed by atoms with E-state index in [0.29, 0.717) is 22.8 Å². The van der Waals surface area contributed by atoms with Crippen LogP contribution in [0.25, 0.3) is 0 Å². The van der Waals surface area contributed by atoms with Crippen molar-refractivity contribution >= 4 is 0 Å². The molecule has 3 rings (SSSR count). The largest absolute Gasteiger partial charge is 0.508 e. The first-order valence-corrected chi connectivity index (χ1v) is 11.6. The Hall–Kier alpha value is -1.96. The van der Waals surface area contributed by atoms with Gasteiger partial charge in [0.1, 0.15) is 11.5 Å². The molecule has 1 aliphatic rings. The maximum atomic E-state index is 9.92. The molecule has 0 spiro atoms. The third-order valence-electron chi connectivity index (χ3n) is 7.13. The Labute approximate surface area is 177 Å². The van der Waals surface area contributed by atoms with Gasteiger partial charge >= 0.3 is 0 Å². The predicted octanol–water partition coefficient (Wildman–Crippen LogP) is 7.57. The molecule has 1 fully saturated rings. The third kappa shape index (κ3) is 4.63. The highest BCUT2D eigenvalue weighted by Crippen LogP contribution is 2.58. The van der Waals surface area contributed by atoms with Crippen molar-refractivity contribution in [3.05, 3.63) is 59.7 Å². The third-order valence-corrected chi connectivity index (χ3v) is 7.13. The minimum Gasteiger partial charge on any atom is -0.508 e. The Morgan fingerprint density at radius 2 is 1.21 bits per heavy atom. The Kier molecular flexibility index (Phi) is 6.93. The van der Waals surface area contributed by atoms with E-state index in [-0.39, 0.29) is 5.41 Å². The van der Waals surface area contributed by atoms with E-state index in [2.05, 4.69) is 45.0 Å². The average molecular weight is 395 g/mol. The summed E-state index contributed by atoms with van der Waals surface area (Å²) in [6, 6.07) is 15.8. The number of benzene rings is 2. The first-order chi connectivity index (χ1) is 14.0. The molecular weight excluding hydrogens is 356 g/mol. The number of phenolic OH excluding ortho intramolecular Hbond substituents is 2. The maximum absolute atomic E-state index is 9.92. The normalized spacial score (nSPS) is 20.4. The molecule has 1 atom stereocenters. The van der Waals surface area contributed by atoms with Gasteiger partial charge in [0.05, 0.1) is 0 Å². The van der Waals surface area contributed by atoms with Gasteiger partial charge in [0.25, 0.3) is 0 Å². The van der Waals surface area contributed by atoms with Crippen LogP contribution in [-0.2, 0) is 5.41 Å². The van der Waals surface area contributed by atoms with Crippen LogP contribution < -0.4 is 0 Å². The Bertz CT molecular complexity index is 709. The highest BCUT2D eigenvalue weighted by Gasteiger charge is 2.48. The second-order valence-corrected chi connectivity index (χ2v) is 9.42. The van der Waals surface area contributed by atoms with Crippen LogP contribution in [0, 0.1) is 11.3 Å². The van der Waals surface area contributed by atoms with E-state index in [0.717, 1.165) is 12.8 Å². The summed E-state index contributed by atoms with van der Waals surface area (Å²) in [6.45, 7) is 6.95. The molecule has 0 saturated heterocycles. The van der Waals surface area contributed by atoms with Crippen molar-refractivity contribution in [1.29, 1.82) is 0 Å². The molecule has 2 nitrogen and oxygen atoms in total. The van der Waals surface area contributed by atoms with E-state index in [1.165, 1.54) is 56.1 Å². The van der Waals surface area contributed by atoms with Gasteiger partial charge in [-0.05, 0) is 78.8 Å². The molecule has 1 unspecified atom stereocenters. The van der Waals surface area contributed by atoms with E-state index < -0.39 is 0 Å². The molecule has 0 radical (unpaired) electrons. The molecule has 2 aromatic carbocycles. The minimum absolute atomic E-state index is 0.0656. The summed E-state index contributed by atoms with van der Waals surface area (Å²) in [6.07, 6.45) is 11.1. The first kappa shape index (κ1) is 21.7. The Morgan fingerprint density at radius 1 is 0.724 bits per heavy atom. The average Bonchev–Trinajstić information content (AvgIpc) is 2.69. The molecule has 158 valence electrons. The van der Waals surface area contributed by atoms with Gasteiger partial charge in [-0.1, -0.05) is 70.7 Å². The lowest BCUT2D eigenvalue weighted by Gasteiger charge is -2.52. The fraction of sp³-hybridized carbons (Fsp3) is 0.556. The second-order valence-electron chi connectivity index (χ2n) is 9.42. The summed E-state index contributed by atoms with van der Waals surface area (Å²) in [5.41, 5.74) is 2.90. The predicted molar refractivity (Wildman–Crippen MR) is 121 cm³/mol. The zero-order valence-corrected chi connectivity index (χ0v) is 18.5. The monoisotopic (exact) mass is 394 g/mol. The van der Waals surface area contributed by atoms with Crippen molar-refractivity contribution < 1.29 is 10.2 Å². The molecule has 2 heteroatoms. The van der Waals surface area contributed by atoms with Crippen LogP contribution in [0.4, 0.5) is 0 Å². The number of aromatic hydroxyl groups is 2. The summed E-state index contributed by atoms with van der Waals surface area (Å²) in [5, 5.41) is 19.8. The summed E-state index contributed by atoms with van der Waals surface area (Å²) in [7, 11) is 0. The standard InChI is InChI=1S/C27H38O2/c1-4-7-21-18-26(16-5-2,17-6-3)20-27(19-21,22-8-12-24(28)13-9-22)23-10-14-25(29)15-11-23/h8-15,21,28-29H,4-7,16-20H2,1-3H3. The molecule has 29 heavy (non-hydrogen) atoms. The van der Waals surface area contributed by atoms with Gasteiger partial charge in [0.2, 0.25) is 0 Å². The van der Waals surface area contributed by atoms with E-state index >= 15 is 0 Å². The van der Waals surface area contributed by atoms with Crippen molar-refractivity contribution in [2.24, 2.45) is 11.3 Å². The van der Waals surface area contributed by atoms with Crippen LogP contribution in [0.2, 0.25) is 0 Å². The van der Waals surface area contributed by atoms with E-state index in [4.69, 9.17) is 0 Å². The summed E-state index contributed by atoms with van der Waals surface area (Å²) in [5.74, 6) is 1.35. The van der Waals surface area contributed by atoms with Gasteiger partial charge in [-0.25, -0.2) is 0 Å². The van der Waals surface area contributed by atoms with Crippen molar-refractivity contribution in [2.45, 2.75) is 84.0 Å².